The molecule has 0 saturated carbocycles. The first-order chi connectivity index (χ1) is 13.4. The van der Waals surface area contributed by atoms with E-state index in [-0.39, 0.29) is 17.1 Å². The van der Waals surface area contributed by atoms with Crippen LogP contribution in [0.15, 0.2) is 58.3 Å². The third kappa shape index (κ3) is 2.71. The number of amides is 1. The van der Waals surface area contributed by atoms with Crippen molar-refractivity contribution < 1.29 is 13.9 Å². The Kier molecular flexibility index (Phi) is 4.30. The van der Waals surface area contributed by atoms with Crippen LogP contribution in [0.1, 0.15) is 38.9 Å². The highest BCUT2D eigenvalue weighted by atomic mass is 16.5. The number of rotatable bonds is 4. The fourth-order valence-electron chi connectivity index (χ4n) is 3.63. The highest BCUT2D eigenvalue weighted by molar-refractivity contribution is 5.99. The predicted molar refractivity (Wildman–Crippen MR) is 108 cm³/mol. The van der Waals surface area contributed by atoms with Gasteiger partial charge in [0.1, 0.15) is 17.9 Å². The summed E-state index contributed by atoms with van der Waals surface area (Å²) in [7, 11) is 1.69. The summed E-state index contributed by atoms with van der Waals surface area (Å²) in [6.45, 7) is 7.96. The van der Waals surface area contributed by atoms with Crippen LogP contribution in [0.3, 0.4) is 0 Å². The van der Waals surface area contributed by atoms with Gasteiger partial charge in [0.25, 0.3) is 5.91 Å². The van der Waals surface area contributed by atoms with E-state index in [2.05, 4.69) is 6.58 Å². The average Bonchev–Trinajstić information content (AvgIpc) is 2.94. The predicted octanol–water partition coefficient (Wildman–Crippen LogP) is 4.15. The summed E-state index contributed by atoms with van der Waals surface area (Å²) in [5, 5.41) is 0.501. The van der Waals surface area contributed by atoms with Crippen LogP contribution < -0.4 is 10.2 Å². The highest BCUT2D eigenvalue weighted by Gasteiger charge is 2.40. The first-order valence-electron chi connectivity index (χ1n) is 9.11. The second kappa shape index (κ2) is 6.68. The molecule has 3 aromatic rings. The lowest BCUT2D eigenvalue weighted by Gasteiger charge is -2.20. The molecule has 1 aromatic heterocycles. The lowest BCUT2D eigenvalue weighted by Crippen LogP contribution is -2.25. The average molecular weight is 375 g/mol. The Hall–Kier alpha value is -3.34. The Balaban J connectivity index is 1.87. The van der Waals surface area contributed by atoms with Crippen LogP contribution >= 0.6 is 0 Å². The summed E-state index contributed by atoms with van der Waals surface area (Å²) in [5.74, 6) is 0.539. The van der Waals surface area contributed by atoms with E-state index in [0.29, 0.717) is 28.9 Å². The lowest BCUT2D eigenvalue weighted by atomic mass is 9.97. The molecule has 1 aliphatic rings. The van der Waals surface area contributed by atoms with Crippen molar-refractivity contribution in [2.75, 3.05) is 13.7 Å². The van der Waals surface area contributed by atoms with E-state index in [1.54, 1.807) is 18.0 Å². The molecular formula is C23H21NO4. The summed E-state index contributed by atoms with van der Waals surface area (Å²) in [6.07, 6.45) is 1.67. The van der Waals surface area contributed by atoms with Gasteiger partial charge in [0.05, 0.1) is 17.0 Å². The topological polar surface area (TPSA) is 59.8 Å². The van der Waals surface area contributed by atoms with Crippen molar-refractivity contribution in [3.05, 3.63) is 87.3 Å². The van der Waals surface area contributed by atoms with Crippen molar-refractivity contribution in [2.24, 2.45) is 0 Å². The quantitative estimate of drug-likeness (QED) is 0.643. The van der Waals surface area contributed by atoms with Gasteiger partial charge < -0.3 is 14.1 Å². The molecule has 0 N–H and O–H groups in total. The lowest BCUT2D eigenvalue weighted by molar-refractivity contribution is 0.0771. The molecule has 0 aliphatic carbocycles. The minimum absolute atomic E-state index is 0.125. The zero-order chi connectivity index (χ0) is 20.0. The molecule has 2 aromatic carbocycles. The Bertz CT molecular complexity index is 1160. The minimum Gasteiger partial charge on any atom is -0.490 e. The number of aryl methyl sites for hydroxylation is 2. The number of ether oxygens (including phenoxy) is 1. The summed E-state index contributed by atoms with van der Waals surface area (Å²) < 4.78 is 11.4. The third-order valence-electron chi connectivity index (χ3n) is 5.28. The first-order valence-corrected chi connectivity index (χ1v) is 9.11. The van der Waals surface area contributed by atoms with Crippen LogP contribution in [0.4, 0.5) is 0 Å². The van der Waals surface area contributed by atoms with Crippen molar-refractivity contribution in [2.45, 2.75) is 19.9 Å². The van der Waals surface area contributed by atoms with Crippen LogP contribution in [-0.4, -0.2) is 24.5 Å². The molecule has 1 unspecified atom stereocenters. The van der Waals surface area contributed by atoms with Gasteiger partial charge in [-0.05, 0) is 54.8 Å². The summed E-state index contributed by atoms with van der Waals surface area (Å²) in [4.78, 5) is 27.6. The standard InChI is InChI=1S/C23H21NO4/c1-5-10-27-16-8-6-15(7-9-16)20-19-21(25)17-11-13(2)14(3)12-18(17)28-22(19)23(26)24(20)4/h5-9,11-12,20H,1,10H2,2-4H3. The van der Waals surface area contributed by atoms with Crippen LogP contribution in [0.5, 0.6) is 5.75 Å². The van der Waals surface area contributed by atoms with Gasteiger partial charge in [-0.2, -0.15) is 0 Å². The van der Waals surface area contributed by atoms with Gasteiger partial charge in [0.2, 0.25) is 5.76 Å². The molecule has 2 heterocycles. The van der Waals surface area contributed by atoms with Crippen LogP contribution in [0.2, 0.25) is 0 Å². The molecule has 5 nitrogen and oxygen atoms in total. The van der Waals surface area contributed by atoms with Gasteiger partial charge in [-0.3, -0.25) is 9.59 Å². The van der Waals surface area contributed by atoms with Crippen molar-refractivity contribution >= 4 is 16.9 Å². The maximum atomic E-state index is 13.3. The molecule has 5 heteroatoms. The van der Waals surface area contributed by atoms with Gasteiger partial charge in [-0.15, -0.1) is 0 Å². The van der Waals surface area contributed by atoms with E-state index in [0.717, 1.165) is 16.7 Å². The van der Waals surface area contributed by atoms with Gasteiger partial charge in [-0.25, -0.2) is 0 Å². The molecule has 28 heavy (non-hydrogen) atoms. The molecule has 4 rings (SSSR count). The van der Waals surface area contributed by atoms with Crippen LogP contribution in [-0.2, 0) is 0 Å². The normalized spacial score (nSPS) is 15.8. The van der Waals surface area contributed by atoms with Crippen molar-refractivity contribution in [3.63, 3.8) is 0 Å². The fraction of sp³-hybridized carbons (Fsp3) is 0.217. The van der Waals surface area contributed by atoms with E-state index < -0.39 is 6.04 Å². The smallest absolute Gasteiger partial charge is 0.290 e. The zero-order valence-electron chi connectivity index (χ0n) is 16.1. The first kappa shape index (κ1) is 18.0. The zero-order valence-corrected chi connectivity index (χ0v) is 16.1. The maximum Gasteiger partial charge on any atom is 0.290 e. The summed E-state index contributed by atoms with van der Waals surface area (Å²) >= 11 is 0. The molecular weight excluding hydrogens is 354 g/mol. The Morgan fingerprint density at radius 3 is 2.50 bits per heavy atom. The molecule has 142 valence electrons. The van der Waals surface area contributed by atoms with E-state index in [9.17, 15) is 9.59 Å². The SMILES string of the molecule is C=CCOc1ccc(C2c3c(oc4cc(C)c(C)cc4c3=O)C(=O)N2C)cc1. The molecule has 1 aliphatic heterocycles. The van der Waals surface area contributed by atoms with E-state index >= 15 is 0 Å². The van der Waals surface area contributed by atoms with Gasteiger partial charge in [0, 0.05) is 7.05 Å². The van der Waals surface area contributed by atoms with E-state index in [1.165, 1.54) is 0 Å². The largest absolute Gasteiger partial charge is 0.490 e. The molecule has 1 amide bonds. The van der Waals surface area contributed by atoms with Crippen LogP contribution in [0, 0.1) is 13.8 Å². The number of carbonyl (C=O) groups excluding carboxylic acids is 1. The molecule has 0 saturated heterocycles. The minimum atomic E-state index is -0.488. The van der Waals surface area contributed by atoms with Crippen molar-refractivity contribution in [1.82, 2.24) is 4.90 Å². The van der Waals surface area contributed by atoms with Gasteiger partial charge >= 0.3 is 0 Å². The maximum absolute atomic E-state index is 13.3. The van der Waals surface area contributed by atoms with Gasteiger partial charge in [-0.1, -0.05) is 24.8 Å². The van der Waals surface area contributed by atoms with E-state index in [4.69, 9.17) is 9.15 Å². The number of hydrogen-bond acceptors (Lipinski definition) is 4. The molecule has 0 fully saturated rings. The van der Waals surface area contributed by atoms with Crippen LogP contribution in [0.25, 0.3) is 11.0 Å². The molecule has 0 bridgehead atoms. The second-order valence-corrected chi connectivity index (χ2v) is 7.09. The van der Waals surface area contributed by atoms with Crippen molar-refractivity contribution in [3.8, 4) is 5.75 Å². The molecule has 0 radical (unpaired) electrons. The number of benzene rings is 2. The number of fused-ring (bicyclic) bond motifs is 2. The number of nitrogens with zero attached hydrogens (tertiary/aromatic N) is 1. The second-order valence-electron chi connectivity index (χ2n) is 7.09. The monoisotopic (exact) mass is 375 g/mol. The fourth-order valence-corrected chi connectivity index (χ4v) is 3.63. The van der Waals surface area contributed by atoms with E-state index in [1.807, 2.05) is 50.2 Å². The highest BCUT2D eigenvalue weighted by Crippen LogP contribution is 2.37. The molecule has 0 spiro atoms. The summed E-state index contributed by atoms with van der Waals surface area (Å²) in [5.41, 5.74) is 3.54. The Morgan fingerprint density at radius 2 is 1.82 bits per heavy atom. The third-order valence-corrected chi connectivity index (χ3v) is 5.28. The number of carbonyl (C=O) groups is 1. The Labute approximate surface area is 162 Å². The Morgan fingerprint density at radius 1 is 1.14 bits per heavy atom. The molecule has 1 atom stereocenters. The van der Waals surface area contributed by atoms with Crippen molar-refractivity contribution in [1.29, 1.82) is 0 Å². The summed E-state index contributed by atoms with van der Waals surface area (Å²) in [6, 6.07) is 10.6. The van der Waals surface area contributed by atoms with Gasteiger partial charge in [0.15, 0.2) is 5.43 Å². The number of hydrogen-bond donors (Lipinski definition) is 0.